The van der Waals surface area contributed by atoms with Gasteiger partial charge < -0.3 is 10.2 Å². The molecule has 2 N–H and O–H groups in total. The van der Waals surface area contributed by atoms with Crippen molar-refractivity contribution >= 4 is 11.6 Å². The Balaban J connectivity index is 1.65. The summed E-state index contributed by atoms with van der Waals surface area (Å²) in [5, 5.41) is 2.86. The quantitative estimate of drug-likeness (QED) is 0.890. The number of benzene rings is 2. The maximum Gasteiger partial charge on any atom is 0.282 e. The van der Waals surface area contributed by atoms with Gasteiger partial charge in [-0.1, -0.05) is 24.3 Å². The normalized spacial score (nSPS) is 18.4. The van der Waals surface area contributed by atoms with Crippen molar-refractivity contribution in [2.45, 2.75) is 25.9 Å². The smallest absolute Gasteiger partial charge is 0.282 e. The fourth-order valence-electron chi connectivity index (χ4n) is 2.94. The zero-order valence-corrected chi connectivity index (χ0v) is 12.6. The number of fused-ring (bicyclic) bond motifs is 1. The fourth-order valence-corrected chi connectivity index (χ4v) is 2.94. The van der Waals surface area contributed by atoms with Gasteiger partial charge in [0, 0.05) is 17.7 Å². The van der Waals surface area contributed by atoms with Crippen LogP contribution in [0.5, 0.6) is 0 Å². The average Bonchev–Trinajstić information content (AvgIpc) is 2.55. The molecule has 0 spiro atoms. The Morgan fingerprint density at radius 2 is 1.82 bits per heavy atom. The van der Waals surface area contributed by atoms with Crippen molar-refractivity contribution in [3.63, 3.8) is 0 Å². The van der Waals surface area contributed by atoms with Gasteiger partial charge in [-0.05, 0) is 36.8 Å². The van der Waals surface area contributed by atoms with Crippen LogP contribution in [0.3, 0.4) is 0 Å². The number of halogens is 1. The first-order valence-corrected chi connectivity index (χ1v) is 7.61. The lowest BCUT2D eigenvalue weighted by atomic mass is 9.99. The molecule has 3 nitrogen and oxygen atoms in total. The summed E-state index contributed by atoms with van der Waals surface area (Å²) in [6, 6.07) is 14.1. The molecule has 114 valence electrons. The van der Waals surface area contributed by atoms with Crippen LogP contribution in [0.25, 0.3) is 0 Å². The van der Waals surface area contributed by atoms with E-state index in [1.807, 2.05) is 13.0 Å². The van der Waals surface area contributed by atoms with Crippen LogP contribution in [-0.2, 0) is 17.8 Å². The molecule has 4 heteroatoms. The fraction of sp³-hybridized carbons (Fsp3) is 0.278. The van der Waals surface area contributed by atoms with Crippen molar-refractivity contribution in [3.05, 3.63) is 65.5 Å². The van der Waals surface area contributed by atoms with Gasteiger partial charge in [0.05, 0.1) is 6.54 Å². The van der Waals surface area contributed by atoms with Gasteiger partial charge in [-0.15, -0.1) is 0 Å². The third-order valence-electron chi connectivity index (χ3n) is 4.37. The number of hydrogen-bond acceptors (Lipinski definition) is 1. The Hall–Kier alpha value is -2.20. The molecule has 0 fully saturated rings. The number of carbonyl (C=O) groups is 1. The molecule has 0 saturated heterocycles. The Bertz CT molecular complexity index is 669. The van der Waals surface area contributed by atoms with E-state index in [2.05, 4.69) is 23.5 Å². The van der Waals surface area contributed by atoms with Gasteiger partial charge in [0.15, 0.2) is 6.04 Å². The highest BCUT2D eigenvalue weighted by Crippen LogP contribution is 2.11. The molecule has 0 aromatic heterocycles. The molecule has 1 heterocycles. The third-order valence-corrected chi connectivity index (χ3v) is 4.37. The average molecular weight is 299 g/mol. The second-order valence-corrected chi connectivity index (χ2v) is 5.82. The largest absolute Gasteiger partial charge is 0.321 e. The Labute approximate surface area is 129 Å². The maximum atomic E-state index is 12.9. The molecule has 2 atom stereocenters. The van der Waals surface area contributed by atoms with Gasteiger partial charge in [-0.25, -0.2) is 4.39 Å². The molecule has 1 aliphatic heterocycles. The molecular weight excluding hydrogens is 279 g/mol. The molecule has 3 rings (SSSR count). The van der Waals surface area contributed by atoms with E-state index in [1.165, 1.54) is 28.2 Å². The number of quaternary nitrogens is 1. The highest BCUT2D eigenvalue weighted by molar-refractivity contribution is 5.93. The van der Waals surface area contributed by atoms with E-state index >= 15 is 0 Å². The SMILES string of the molecule is C[C@H](C(=O)Nc1ccc(F)cc1)[NH+]1CCc2ccccc2C1. The highest BCUT2D eigenvalue weighted by Gasteiger charge is 2.28. The summed E-state index contributed by atoms with van der Waals surface area (Å²) < 4.78 is 12.9. The van der Waals surface area contributed by atoms with E-state index in [0.29, 0.717) is 5.69 Å². The Morgan fingerprint density at radius 1 is 1.14 bits per heavy atom. The number of anilines is 1. The predicted octanol–water partition coefficient (Wildman–Crippen LogP) is 1.79. The molecular formula is C18H20FN2O+. The summed E-state index contributed by atoms with van der Waals surface area (Å²) in [6.07, 6.45) is 1.000. The second kappa shape index (κ2) is 6.28. The van der Waals surface area contributed by atoms with Crippen molar-refractivity contribution in [2.24, 2.45) is 0 Å². The molecule has 1 amide bonds. The first-order valence-electron chi connectivity index (χ1n) is 7.61. The molecule has 22 heavy (non-hydrogen) atoms. The lowest BCUT2D eigenvalue weighted by Crippen LogP contribution is -3.16. The van der Waals surface area contributed by atoms with Gasteiger partial charge in [0.1, 0.15) is 12.4 Å². The number of nitrogens with one attached hydrogen (secondary N) is 2. The lowest BCUT2D eigenvalue weighted by Gasteiger charge is -2.30. The van der Waals surface area contributed by atoms with Crippen LogP contribution < -0.4 is 10.2 Å². The third kappa shape index (κ3) is 3.17. The number of amides is 1. The van der Waals surface area contributed by atoms with E-state index in [0.717, 1.165) is 19.5 Å². The van der Waals surface area contributed by atoms with Crippen molar-refractivity contribution in [1.82, 2.24) is 0 Å². The van der Waals surface area contributed by atoms with Gasteiger partial charge >= 0.3 is 0 Å². The Kier molecular flexibility index (Phi) is 4.20. The van der Waals surface area contributed by atoms with Crippen LogP contribution in [0.2, 0.25) is 0 Å². The van der Waals surface area contributed by atoms with E-state index in [1.54, 1.807) is 12.1 Å². The minimum atomic E-state index is -0.302. The van der Waals surface area contributed by atoms with Crippen LogP contribution in [-0.4, -0.2) is 18.5 Å². The molecule has 1 unspecified atom stereocenters. The minimum Gasteiger partial charge on any atom is -0.321 e. The number of hydrogen-bond donors (Lipinski definition) is 2. The zero-order valence-electron chi connectivity index (χ0n) is 12.6. The van der Waals surface area contributed by atoms with Crippen molar-refractivity contribution in [2.75, 3.05) is 11.9 Å². The van der Waals surface area contributed by atoms with Crippen LogP contribution in [0.4, 0.5) is 10.1 Å². The van der Waals surface area contributed by atoms with Crippen molar-refractivity contribution in [3.8, 4) is 0 Å². The zero-order chi connectivity index (χ0) is 15.5. The van der Waals surface area contributed by atoms with Gasteiger partial charge in [-0.2, -0.15) is 0 Å². The van der Waals surface area contributed by atoms with Crippen LogP contribution in [0, 0.1) is 5.82 Å². The lowest BCUT2D eigenvalue weighted by molar-refractivity contribution is -0.929. The molecule has 2 aromatic carbocycles. The van der Waals surface area contributed by atoms with E-state index in [-0.39, 0.29) is 17.8 Å². The molecule has 1 aliphatic rings. The summed E-state index contributed by atoms with van der Waals surface area (Å²) in [6.45, 7) is 3.77. The van der Waals surface area contributed by atoms with Crippen LogP contribution in [0.1, 0.15) is 18.1 Å². The van der Waals surface area contributed by atoms with Crippen LogP contribution >= 0.6 is 0 Å². The molecule has 0 bridgehead atoms. The van der Waals surface area contributed by atoms with Crippen LogP contribution in [0.15, 0.2) is 48.5 Å². The molecule has 0 saturated carbocycles. The van der Waals surface area contributed by atoms with Gasteiger partial charge in [0.2, 0.25) is 0 Å². The number of rotatable bonds is 3. The summed E-state index contributed by atoms with van der Waals surface area (Å²) in [7, 11) is 0. The first-order chi connectivity index (χ1) is 10.6. The summed E-state index contributed by atoms with van der Waals surface area (Å²) in [4.78, 5) is 13.6. The summed E-state index contributed by atoms with van der Waals surface area (Å²) in [5.74, 6) is -0.328. The molecule has 2 aromatic rings. The van der Waals surface area contributed by atoms with E-state index < -0.39 is 0 Å². The topological polar surface area (TPSA) is 33.5 Å². The minimum absolute atomic E-state index is 0.0269. The molecule has 0 aliphatic carbocycles. The Morgan fingerprint density at radius 3 is 2.55 bits per heavy atom. The standard InChI is InChI=1S/C18H19FN2O/c1-13(18(22)20-17-8-6-16(19)7-9-17)21-11-10-14-4-2-3-5-15(14)12-21/h2-9,13H,10-12H2,1H3,(H,20,22)/p+1/t13-/m1/s1. The number of carbonyl (C=O) groups excluding carboxylic acids is 1. The van der Waals surface area contributed by atoms with Crippen molar-refractivity contribution < 1.29 is 14.1 Å². The summed E-state index contributed by atoms with van der Waals surface area (Å²) >= 11 is 0. The highest BCUT2D eigenvalue weighted by atomic mass is 19.1. The van der Waals surface area contributed by atoms with E-state index in [9.17, 15) is 9.18 Å². The summed E-state index contributed by atoms with van der Waals surface area (Å²) in [5.41, 5.74) is 3.35. The van der Waals surface area contributed by atoms with Gasteiger partial charge in [0.25, 0.3) is 5.91 Å². The van der Waals surface area contributed by atoms with Gasteiger partial charge in [-0.3, -0.25) is 4.79 Å². The maximum absolute atomic E-state index is 12.9. The monoisotopic (exact) mass is 299 g/mol. The van der Waals surface area contributed by atoms with E-state index in [4.69, 9.17) is 0 Å². The molecule has 0 radical (unpaired) electrons. The van der Waals surface area contributed by atoms with Crippen molar-refractivity contribution in [1.29, 1.82) is 0 Å². The first kappa shape index (κ1) is 14.7. The predicted molar refractivity (Wildman–Crippen MR) is 84.2 cm³/mol. The second-order valence-electron chi connectivity index (χ2n) is 5.82.